The molecule has 0 saturated carbocycles. The van der Waals surface area contributed by atoms with Gasteiger partial charge in [0.05, 0.1) is 4.92 Å². The van der Waals surface area contributed by atoms with Crippen LogP contribution in [0.1, 0.15) is 12.0 Å². The zero-order valence-electron chi connectivity index (χ0n) is 8.89. The molecule has 0 fully saturated rings. The predicted octanol–water partition coefficient (Wildman–Crippen LogP) is 1.84. The molecule has 0 unspecified atom stereocenters. The Balaban J connectivity index is 2.60. The maximum atomic E-state index is 13.3. The normalized spacial score (nSPS) is 10.2. The number of hydrogen-bond donors (Lipinski definition) is 1. The van der Waals surface area contributed by atoms with Crippen molar-refractivity contribution in [3.63, 3.8) is 0 Å². The molecule has 1 amide bonds. The molecule has 1 aromatic carbocycles. The van der Waals surface area contributed by atoms with Crippen molar-refractivity contribution >= 4 is 23.4 Å². The summed E-state index contributed by atoms with van der Waals surface area (Å²) in [5.74, 6) is -0.155. The molecule has 0 radical (unpaired) electrons. The largest absolute Gasteiger partial charge is 0.370 e. The van der Waals surface area contributed by atoms with Crippen molar-refractivity contribution in [1.82, 2.24) is 0 Å². The van der Waals surface area contributed by atoms with Crippen LogP contribution in [0.15, 0.2) is 18.2 Å². The molecular formula is C10H11FN2O3S. The summed E-state index contributed by atoms with van der Waals surface area (Å²) in [7, 11) is 0. The molecular weight excluding hydrogens is 247 g/mol. The molecule has 0 heterocycles. The highest BCUT2D eigenvalue weighted by atomic mass is 32.2. The molecule has 1 rings (SSSR count). The van der Waals surface area contributed by atoms with Crippen LogP contribution >= 0.6 is 11.8 Å². The van der Waals surface area contributed by atoms with E-state index in [1.54, 1.807) is 0 Å². The summed E-state index contributed by atoms with van der Waals surface area (Å²) in [6.07, 6.45) is 0.210. The molecule has 5 nitrogen and oxygen atoms in total. The Morgan fingerprint density at radius 3 is 2.82 bits per heavy atom. The van der Waals surface area contributed by atoms with E-state index in [-0.39, 0.29) is 23.4 Å². The van der Waals surface area contributed by atoms with Gasteiger partial charge in [-0.05, 0) is 6.07 Å². The van der Waals surface area contributed by atoms with Crippen molar-refractivity contribution in [3.8, 4) is 0 Å². The third-order valence-electron chi connectivity index (χ3n) is 1.99. The fourth-order valence-corrected chi connectivity index (χ4v) is 2.07. The third-order valence-corrected chi connectivity index (χ3v) is 3.00. The van der Waals surface area contributed by atoms with Crippen LogP contribution in [-0.2, 0) is 10.5 Å². The average Bonchev–Trinajstić information content (AvgIpc) is 2.25. The van der Waals surface area contributed by atoms with Gasteiger partial charge >= 0.3 is 0 Å². The highest BCUT2D eigenvalue weighted by Crippen LogP contribution is 2.21. The number of halogens is 1. The van der Waals surface area contributed by atoms with E-state index in [1.807, 2.05) is 0 Å². The summed E-state index contributed by atoms with van der Waals surface area (Å²) in [6.45, 7) is 0. The number of nitrogens with zero attached hydrogens (tertiary/aromatic N) is 1. The minimum absolute atomic E-state index is 0.142. The minimum atomic E-state index is -0.572. The van der Waals surface area contributed by atoms with Gasteiger partial charge < -0.3 is 5.73 Å². The first-order valence-corrected chi connectivity index (χ1v) is 5.95. The van der Waals surface area contributed by atoms with E-state index in [9.17, 15) is 19.3 Å². The van der Waals surface area contributed by atoms with Crippen LogP contribution in [0, 0.1) is 15.9 Å². The number of thioether (sulfide) groups is 1. The van der Waals surface area contributed by atoms with Gasteiger partial charge in [0.25, 0.3) is 5.69 Å². The second kappa shape index (κ2) is 6.19. The summed E-state index contributed by atoms with van der Waals surface area (Å²) >= 11 is 1.31. The molecule has 7 heteroatoms. The molecule has 0 aliphatic carbocycles. The second-order valence-electron chi connectivity index (χ2n) is 3.30. The van der Waals surface area contributed by atoms with Gasteiger partial charge in [-0.3, -0.25) is 14.9 Å². The molecule has 0 atom stereocenters. The van der Waals surface area contributed by atoms with Crippen molar-refractivity contribution in [2.24, 2.45) is 5.73 Å². The van der Waals surface area contributed by atoms with E-state index >= 15 is 0 Å². The van der Waals surface area contributed by atoms with E-state index in [2.05, 4.69) is 0 Å². The van der Waals surface area contributed by atoms with Gasteiger partial charge in [0.1, 0.15) is 5.82 Å². The molecule has 0 bridgehead atoms. The maximum absolute atomic E-state index is 13.3. The molecule has 1 aromatic rings. The number of carbonyl (C=O) groups excluding carboxylic acids is 1. The zero-order chi connectivity index (χ0) is 12.8. The highest BCUT2D eigenvalue weighted by molar-refractivity contribution is 7.98. The lowest BCUT2D eigenvalue weighted by Gasteiger charge is -2.02. The van der Waals surface area contributed by atoms with Crippen LogP contribution in [0.4, 0.5) is 10.1 Å². The molecule has 0 saturated heterocycles. The molecule has 92 valence electrons. The van der Waals surface area contributed by atoms with Crippen LogP contribution < -0.4 is 5.73 Å². The van der Waals surface area contributed by atoms with Gasteiger partial charge in [-0.2, -0.15) is 11.8 Å². The molecule has 0 aromatic heterocycles. The number of nitrogens with two attached hydrogens (primary N) is 1. The number of hydrogen-bond acceptors (Lipinski definition) is 4. The highest BCUT2D eigenvalue weighted by Gasteiger charge is 2.10. The fourth-order valence-electron chi connectivity index (χ4n) is 1.14. The van der Waals surface area contributed by atoms with Crippen LogP contribution in [0.5, 0.6) is 0 Å². The Labute approximate surface area is 101 Å². The quantitative estimate of drug-likeness (QED) is 0.479. The summed E-state index contributed by atoms with van der Waals surface area (Å²) in [5.41, 5.74) is 5.07. The van der Waals surface area contributed by atoms with Crippen molar-refractivity contribution in [2.75, 3.05) is 5.75 Å². The fraction of sp³-hybridized carbons (Fsp3) is 0.300. The van der Waals surface area contributed by atoms with E-state index in [0.717, 1.165) is 12.1 Å². The number of rotatable bonds is 6. The molecule has 0 aliphatic rings. The van der Waals surface area contributed by atoms with Crippen LogP contribution in [0.25, 0.3) is 0 Å². The first-order valence-electron chi connectivity index (χ1n) is 4.79. The lowest BCUT2D eigenvalue weighted by atomic mass is 10.2. The second-order valence-corrected chi connectivity index (χ2v) is 4.41. The lowest BCUT2D eigenvalue weighted by Crippen LogP contribution is -2.10. The van der Waals surface area contributed by atoms with Crippen LogP contribution in [0.3, 0.4) is 0 Å². The SMILES string of the molecule is NC(=O)CCSCc1cc([N+](=O)[O-])ccc1F. The van der Waals surface area contributed by atoms with E-state index in [4.69, 9.17) is 5.73 Å². The standard InChI is InChI=1S/C10H11FN2O3S/c11-9-2-1-8(13(15)16)5-7(9)6-17-4-3-10(12)14/h1-2,5H,3-4,6H2,(H2,12,14). The van der Waals surface area contributed by atoms with Gasteiger partial charge in [-0.15, -0.1) is 0 Å². The van der Waals surface area contributed by atoms with Crippen LogP contribution in [-0.4, -0.2) is 16.6 Å². The van der Waals surface area contributed by atoms with Crippen molar-refractivity contribution in [2.45, 2.75) is 12.2 Å². The molecule has 0 spiro atoms. The van der Waals surface area contributed by atoms with Gasteiger partial charge in [-0.25, -0.2) is 4.39 Å². The van der Waals surface area contributed by atoms with E-state index in [1.165, 1.54) is 17.8 Å². The van der Waals surface area contributed by atoms with Crippen LogP contribution in [0.2, 0.25) is 0 Å². The third kappa shape index (κ3) is 4.39. The summed E-state index contributed by atoms with van der Waals surface area (Å²) in [5, 5.41) is 10.5. The van der Waals surface area contributed by atoms with E-state index in [0.29, 0.717) is 5.75 Å². The average molecular weight is 258 g/mol. The number of nitro groups is 1. The Kier molecular flexibility index (Phi) is 4.89. The number of benzene rings is 1. The predicted molar refractivity (Wildman–Crippen MR) is 63.0 cm³/mol. The lowest BCUT2D eigenvalue weighted by molar-refractivity contribution is -0.385. The topological polar surface area (TPSA) is 86.2 Å². The molecule has 2 N–H and O–H groups in total. The maximum Gasteiger partial charge on any atom is 0.269 e. The number of nitro benzene ring substituents is 1. The molecule has 17 heavy (non-hydrogen) atoms. The molecule has 0 aliphatic heterocycles. The van der Waals surface area contributed by atoms with Crippen molar-refractivity contribution in [3.05, 3.63) is 39.7 Å². The van der Waals surface area contributed by atoms with Gasteiger partial charge in [0, 0.05) is 35.6 Å². The van der Waals surface area contributed by atoms with E-state index < -0.39 is 16.6 Å². The number of non-ortho nitro benzene ring substituents is 1. The summed E-state index contributed by atoms with van der Waals surface area (Å²) < 4.78 is 13.3. The van der Waals surface area contributed by atoms with Gasteiger partial charge in [0.15, 0.2) is 0 Å². The van der Waals surface area contributed by atoms with Gasteiger partial charge in [-0.1, -0.05) is 0 Å². The first-order chi connectivity index (χ1) is 8.00. The zero-order valence-corrected chi connectivity index (χ0v) is 9.71. The van der Waals surface area contributed by atoms with Gasteiger partial charge in [0.2, 0.25) is 5.91 Å². The summed E-state index contributed by atoms with van der Waals surface area (Å²) in [4.78, 5) is 20.4. The number of carbonyl (C=O) groups is 1. The smallest absolute Gasteiger partial charge is 0.269 e. The van der Waals surface area contributed by atoms with Crippen molar-refractivity contribution in [1.29, 1.82) is 0 Å². The monoisotopic (exact) mass is 258 g/mol. The minimum Gasteiger partial charge on any atom is -0.370 e. The Bertz CT molecular complexity index is 440. The Morgan fingerprint density at radius 1 is 1.53 bits per heavy atom. The Morgan fingerprint density at radius 2 is 2.24 bits per heavy atom. The number of amides is 1. The summed E-state index contributed by atoms with van der Waals surface area (Å²) in [6, 6.07) is 3.39. The van der Waals surface area contributed by atoms with Crippen molar-refractivity contribution < 1.29 is 14.1 Å². The number of primary amides is 1. The first kappa shape index (κ1) is 13.4. The Hall–Kier alpha value is -1.63.